The van der Waals surface area contributed by atoms with E-state index >= 15 is 0 Å². The van der Waals surface area contributed by atoms with Crippen molar-refractivity contribution in [3.8, 4) is 33.4 Å². The monoisotopic (exact) mass is 668 g/mol. The summed E-state index contributed by atoms with van der Waals surface area (Å²) in [6.07, 6.45) is -21.6. The number of benzene rings is 4. The molecule has 0 aliphatic rings. The Hall–Kier alpha value is -5.16. The van der Waals surface area contributed by atoms with Gasteiger partial charge in [-0.05, 0) is 57.6 Å². The lowest BCUT2D eigenvalue weighted by Crippen LogP contribution is -2.12. The first-order valence-corrected chi connectivity index (χ1v) is 12.1. The number of non-ortho nitro benzene ring substituents is 2. The van der Waals surface area contributed by atoms with Crippen molar-refractivity contribution in [1.82, 2.24) is 0 Å². The molecule has 0 atom stereocenters. The van der Waals surface area contributed by atoms with Gasteiger partial charge in [0.2, 0.25) is 0 Å². The topological polar surface area (TPSA) is 86.3 Å². The number of hydrogen-bond acceptors (Lipinski definition) is 4. The molecule has 0 aromatic heterocycles. The second-order valence-electron chi connectivity index (χ2n) is 9.49. The third-order valence-corrected chi connectivity index (χ3v) is 6.60. The van der Waals surface area contributed by atoms with Gasteiger partial charge in [0.05, 0.1) is 32.1 Å². The van der Waals surface area contributed by atoms with Crippen LogP contribution in [0.4, 0.5) is 64.1 Å². The van der Waals surface area contributed by atoms with Crippen molar-refractivity contribution in [1.29, 1.82) is 0 Å². The van der Waals surface area contributed by atoms with E-state index in [1.807, 2.05) is 0 Å². The highest BCUT2D eigenvalue weighted by molar-refractivity contribution is 5.80. The van der Waals surface area contributed by atoms with Crippen molar-refractivity contribution >= 4 is 11.4 Å². The van der Waals surface area contributed by atoms with E-state index in [0.29, 0.717) is 36.4 Å². The number of nitro groups is 2. The molecular weight excluding hydrogens is 656 g/mol. The third kappa shape index (κ3) is 6.74. The van der Waals surface area contributed by atoms with Gasteiger partial charge in [-0.2, -0.15) is 52.7 Å². The minimum absolute atomic E-state index is 0.0190. The van der Waals surface area contributed by atoms with Gasteiger partial charge in [-0.3, -0.25) is 20.2 Å². The lowest BCUT2D eigenvalue weighted by Gasteiger charge is -2.20. The fraction of sp³-hybridized carbons (Fsp3) is 0.143. The summed E-state index contributed by atoms with van der Waals surface area (Å²) in [5.74, 6) is 0. The van der Waals surface area contributed by atoms with Crippen LogP contribution < -0.4 is 0 Å². The molecule has 0 aliphatic carbocycles. The highest BCUT2D eigenvalue weighted by atomic mass is 19.4. The highest BCUT2D eigenvalue weighted by Crippen LogP contribution is 2.47. The Morgan fingerprint density at radius 1 is 0.391 bits per heavy atom. The molecule has 4 aromatic carbocycles. The van der Waals surface area contributed by atoms with E-state index in [-0.39, 0.29) is 24.3 Å². The van der Waals surface area contributed by atoms with Gasteiger partial charge in [0.15, 0.2) is 0 Å². The molecule has 0 spiro atoms. The number of alkyl halides is 12. The zero-order chi connectivity index (χ0) is 34.6. The quantitative estimate of drug-likeness (QED) is 0.120. The maximum absolute atomic E-state index is 14.1. The van der Waals surface area contributed by atoms with Crippen LogP contribution in [0, 0.1) is 20.2 Å². The molecule has 0 saturated carbocycles. The van der Waals surface area contributed by atoms with Crippen LogP contribution in [0.25, 0.3) is 33.4 Å². The molecule has 0 radical (unpaired) electrons. The van der Waals surface area contributed by atoms with Crippen molar-refractivity contribution in [3.63, 3.8) is 0 Å². The van der Waals surface area contributed by atoms with Crippen LogP contribution in [-0.2, 0) is 24.7 Å². The predicted octanol–water partition coefficient (Wildman–Crippen LogP) is 10.6. The van der Waals surface area contributed by atoms with Gasteiger partial charge in [0.25, 0.3) is 11.4 Å². The summed E-state index contributed by atoms with van der Waals surface area (Å²) in [6.45, 7) is 0. The Labute approximate surface area is 247 Å². The van der Waals surface area contributed by atoms with Crippen molar-refractivity contribution in [2.45, 2.75) is 24.7 Å². The number of nitrogens with zero attached hydrogens (tertiary/aromatic N) is 2. The van der Waals surface area contributed by atoms with Crippen LogP contribution in [-0.4, -0.2) is 9.85 Å². The molecular formula is C28H12F12N2O4. The van der Waals surface area contributed by atoms with Gasteiger partial charge in [-0.15, -0.1) is 0 Å². The molecule has 0 fully saturated rings. The maximum Gasteiger partial charge on any atom is 0.417 e. The first-order valence-electron chi connectivity index (χ1n) is 12.1. The molecule has 0 amide bonds. The molecule has 0 unspecified atom stereocenters. The van der Waals surface area contributed by atoms with Gasteiger partial charge >= 0.3 is 24.7 Å². The Morgan fingerprint density at radius 2 is 0.630 bits per heavy atom. The summed E-state index contributed by atoms with van der Waals surface area (Å²) in [7, 11) is 0. The van der Waals surface area contributed by atoms with Crippen LogP contribution in [0.1, 0.15) is 22.3 Å². The van der Waals surface area contributed by atoms with Crippen LogP contribution in [0.5, 0.6) is 0 Å². The average molecular weight is 668 g/mol. The average Bonchev–Trinajstić information content (AvgIpc) is 2.94. The minimum Gasteiger partial charge on any atom is -0.258 e. The number of rotatable bonds is 5. The molecule has 0 aliphatic heterocycles. The molecule has 4 aromatic rings. The minimum atomic E-state index is -5.41. The van der Waals surface area contributed by atoms with Gasteiger partial charge in [0.1, 0.15) is 0 Å². The fourth-order valence-electron chi connectivity index (χ4n) is 4.62. The van der Waals surface area contributed by atoms with Gasteiger partial charge in [-0.25, -0.2) is 0 Å². The van der Waals surface area contributed by atoms with E-state index in [0.717, 1.165) is 12.1 Å². The lowest BCUT2D eigenvalue weighted by atomic mass is 9.89. The standard InChI is InChI=1S/C28H12F12N2O4/c29-25(30,31)21-9-13(1-5-17(21)19-7-3-15(41(43)44)11-23(19)27(35,36)37)14-2-6-18(22(10-14)26(32,33)34)20-8-4-16(42(45)46)12-24(20)28(38,39)40/h1-12H. The van der Waals surface area contributed by atoms with Crippen molar-refractivity contribution < 1.29 is 62.5 Å². The molecule has 6 nitrogen and oxygen atoms in total. The van der Waals surface area contributed by atoms with Crippen LogP contribution in [0.2, 0.25) is 0 Å². The summed E-state index contributed by atoms with van der Waals surface area (Å²) in [5.41, 5.74) is -15.1. The van der Waals surface area contributed by atoms with Gasteiger partial charge in [-0.1, -0.05) is 24.3 Å². The van der Waals surface area contributed by atoms with Crippen LogP contribution >= 0.6 is 0 Å². The molecule has 0 heterocycles. The predicted molar refractivity (Wildman–Crippen MR) is 136 cm³/mol. The summed E-state index contributed by atoms with van der Waals surface area (Å²) < 4.78 is 167. The summed E-state index contributed by atoms with van der Waals surface area (Å²) in [4.78, 5) is 19.5. The molecule has 242 valence electrons. The normalized spacial score (nSPS) is 12.7. The van der Waals surface area contributed by atoms with Crippen LogP contribution in [0.15, 0.2) is 72.8 Å². The number of nitro benzene ring substituents is 2. The largest absolute Gasteiger partial charge is 0.417 e. The first kappa shape index (κ1) is 33.7. The van der Waals surface area contributed by atoms with Gasteiger partial charge in [0, 0.05) is 24.3 Å². The van der Waals surface area contributed by atoms with E-state index < -0.39 is 102 Å². The van der Waals surface area contributed by atoms with E-state index in [4.69, 9.17) is 0 Å². The summed E-state index contributed by atoms with van der Waals surface area (Å²) >= 11 is 0. The van der Waals surface area contributed by atoms with E-state index in [2.05, 4.69) is 0 Å². The van der Waals surface area contributed by atoms with Crippen LogP contribution in [0.3, 0.4) is 0 Å². The van der Waals surface area contributed by atoms with E-state index in [1.54, 1.807) is 0 Å². The van der Waals surface area contributed by atoms with Crippen molar-refractivity contribution in [2.24, 2.45) is 0 Å². The maximum atomic E-state index is 14.1. The molecule has 0 bridgehead atoms. The molecule has 18 heteroatoms. The Morgan fingerprint density at radius 3 is 0.870 bits per heavy atom. The highest BCUT2D eigenvalue weighted by Gasteiger charge is 2.41. The molecule has 4 rings (SSSR count). The summed E-state index contributed by atoms with van der Waals surface area (Å²) in [5, 5.41) is 21.9. The molecule has 0 saturated heterocycles. The van der Waals surface area contributed by atoms with E-state index in [9.17, 15) is 72.9 Å². The number of hydrogen-bond donors (Lipinski definition) is 0. The fourth-order valence-corrected chi connectivity index (χ4v) is 4.62. The van der Waals surface area contributed by atoms with Crippen molar-refractivity contribution in [3.05, 3.63) is 115 Å². The van der Waals surface area contributed by atoms with Crippen molar-refractivity contribution in [2.75, 3.05) is 0 Å². The first-order chi connectivity index (χ1) is 21.0. The molecule has 0 N–H and O–H groups in total. The lowest BCUT2D eigenvalue weighted by molar-refractivity contribution is -0.385. The Bertz CT molecular complexity index is 1720. The SMILES string of the molecule is O=[N+]([O-])c1ccc(-c2ccc(-c3ccc(-c4ccc([N+](=O)[O-])cc4C(F)(F)F)c(C(F)(F)F)c3)cc2C(F)(F)F)c(C(F)(F)F)c1. The number of halogens is 12. The summed E-state index contributed by atoms with van der Waals surface area (Å²) in [6, 6.07) is 4.88. The second kappa shape index (κ2) is 11.3. The van der Waals surface area contributed by atoms with E-state index in [1.165, 1.54) is 0 Å². The zero-order valence-corrected chi connectivity index (χ0v) is 22.0. The van der Waals surface area contributed by atoms with Gasteiger partial charge < -0.3 is 0 Å². The Balaban J connectivity index is 1.96. The molecule has 46 heavy (non-hydrogen) atoms. The smallest absolute Gasteiger partial charge is 0.258 e. The Kier molecular flexibility index (Phi) is 8.31. The second-order valence-corrected chi connectivity index (χ2v) is 9.49. The zero-order valence-electron chi connectivity index (χ0n) is 22.0. The third-order valence-electron chi connectivity index (χ3n) is 6.60.